The van der Waals surface area contributed by atoms with Crippen LogP contribution in [-0.4, -0.2) is 33.3 Å². The van der Waals surface area contributed by atoms with Crippen LogP contribution in [0.1, 0.15) is 5.56 Å². The summed E-state index contributed by atoms with van der Waals surface area (Å²) in [5.41, 5.74) is -0.112. The third-order valence-electron chi connectivity index (χ3n) is 2.94. The Hall–Kier alpha value is -1.43. The number of methoxy groups -OCH3 is 1. The van der Waals surface area contributed by atoms with Gasteiger partial charge < -0.3 is 15.0 Å². The van der Waals surface area contributed by atoms with Gasteiger partial charge in [0.2, 0.25) is 0 Å². The number of anilines is 1. The Bertz CT molecular complexity index is 414. The van der Waals surface area contributed by atoms with E-state index < -0.39 is 11.7 Å². The van der Waals surface area contributed by atoms with Gasteiger partial charge in [-0.05, 0) is 12.1 Å². The minimum atomic E-state index is -4.35. The van der Waals surface area contributed by atoms with E-state index >= 15 is 0 Å². The van der Waals surface area contributed by atoms with Crippen molar-refractivity contribution in [3.05, 3.63) is 23.8 Å². The highest BCUT2D eigenvalue weighted by Gasteiger charge is 2.32. The average molecular weight is 260 g/mol. The summed E-state index contributed by atoms with van der Waals surface area (Å²) in [4.78, 5) is 1.92. The van der Waals surface area contributed by atoms with E-state index in [9.17, 15) is 13.2 Å². The monoisotopic (exact) mass is 260 g/mol. The Morgan fingerprint density at radius 3 is 2.39 bits per heavy atom. The molecule has 6 heteroatoms. The molecule has 2 rings (SSSR count). The quantitative estimate of drug-likeness (QED) is 0.881. The number of nitrogens with one attached hydrogen (secondary N) is 1. The number of piperazine rings is 1. The molecule has 0 saturated carbocycles. The van der Waals surface area contributed by atoms with Crippen molar-refractivity contribution in [2.75, 3.05) is 38.2 Å². The van der Waals surface area contributed by atoms with Gasteiger partial charge in [0.05, 0.1) is 12.7 Å². The molecule has 100 valence electrons. The van der Waals surface area contributed by atoms with Gasteiger partial charge in [-0.2, -0.15) is 13.2 Å². The molecule has 0 aromatic heterocycles. The summed E-state index contributed by atoms with van der Waals surface area (Å²) < 4.78 is 43.2. The standard InChI is InChI=1S/C12H15F3N2O/c1-18-11-7-9(12(13,14)15)6-10(8-11)17-4-2-16-3-5-17/h6-8,16H,2-5H2,1H3. The van der Waals surface area contributed by atoms with Crippen molar-refractivity contribution in [3.63, 3.8) is 0 Å². The van der Waals surface area contributed by atoms with Gasteiger partial charge in [0.25, 0.3) is 0 Å². The third kappa shape index (κ3) is 2.87. The summed E-state index contributed by atoms with van der Waals surface area (Å²) in [6.07, 6.45) is -4.35. The molecule has 0 radical (unpaired) electrons. The van der Waals surface area contributed by atoms with Crippen molar-refractivity contribution in [3.8, 4) is 5.75 Å². The van der Waals surface area contributed by atoms with Crippen LogP contribution in [0.25, 0.3) is 0 Å². The second-order valence-electron chi connectivity index (χ2n) is 4.15. The Morgan fingerprint density at radius 1 is 1.17 bits per heavy atom. The molecule has 18 heavy (non-hydrogen) atoms. The van der Waals surface area contributed by atoms with E-state index in [0.717, 1.165) is 19.2 Å². The maximum Gasteiger partial charge on any atom is 0.416 e. The molecule has 1 aliphatic rings. The van der Waals surface area contributed by atoms with E-state index in [1.807, 2.05) is 4.90 Å². The molecule has 1 N–H and O–H groups in total. The number of benzene rings is 1. The van der Waals surface area contributed by atoms with Crippen LogP contribution in [0.15, 0.2) is 18.2 Å². The minimum Gasteiger partial charge on any atom is -0.497 e. The second kappa shape index (κ2) is 5.06. The Labute approximate surface area is 104 Å². The molecule has 1 saturated heterocycles. The molecular weight excluding hydrogens is 245 g/mol. The number of ether oxygens (including phenoxy) is 1. The molecule has 0 unspecified atom stereocenters. The first kappa shape index (κ1) is 13.0. The Balaban J connectivity index is 2.34. The van der Waals surface area contributed by atoms with Crippen LogP contribution in [0.2, 0.25) is 0 Å². The molecule has 1 aromatic carbocycles. The number of hydrogen-bond donors (Lipinski definition) is 1. The van der Waals surface area contributed by atoms with E-state index in [4.69, 9.17) is 4.74 Å². The van der Waals surface area contributed by atoms with E-state index in [1.54, 1.807) is 6.07 Å². The number of hydrogen-bond acceptors (Lipinski definition) is 3. The highest BCUT2D eigenvalue weighted by Crippen LogP contribution is 2.35. The maximum absolute atomic E-state index is 12.8. The third-order valence-corrected chi connectivity index (χ3v) is 2.94. The first-order valence-corrected chi connectivity index (χ1v) is 5.72. The molecular formula is C12H15F3N2O. The van der Waals surface area contributed by atoms with Crippen molar-refractivity contribution in [2.24, 2.45) is 0 Å². The summed E-state index contributed by atoms with van der Waals surface area (Å²) in [5, 5.41) is 3.16. The van der Waals surface area contributed by atoms with Gasteiger partial charge >= 0.3 is 6.18 Å². The molecule has 0 amide bonds. The van der Waals surface area contributed by atoms with Crippen molar-refractivity contribution >= 4 is 5.69 Å². The lowest BCUT2D eigenvalue weighted by Gasteiger charge is -2.30. The molecule has 0 bridgehead atoms. The SMILES string of the molecule is COc1cc(N2CCNCC2)cc(C(F)(F)F)c1. The van der Waals surface area contributed by atoms with E-state index in [1.165, 1.54) is 13.2 Å². The number of alkyl halides is 3. The maximum atomic E-state index is 12.8. The summed E-state index contributed by atoms with van der Waals surface area (Å²) in [5.74, 6) is 0.235. The van der Waals surface area contributed by atoms with Crippen LogP contribution in [-0.2, 0) is 6.18 Å². The van der Waals surface area contributed by atoms with Crippen LogP contribution in [0, 0.1) is 0 Å². The summed E-state index contributed by atoms with van der Waals surface area (Å²) in [6.45, 7) is 2.95. The summed E-state index contributed by atoms with van der Waals surface area (Å²) in [6, 6.07) is 3.83. The predicted octanol–water partition coefficient (Wildman–Crippen LogP) is 2.12. The fourth-order valence-corrected chi connectivity index (χ4v) is 1.97. The number of nitrogens with zero attached hydrogens (tertiary/aromatic N) is 1. The molecule has 1 aromatic rings. The van der Waals surface area contributed by atoms with Gasteiger partial charge in [0.15, 0.2) is 0 Å². The molecule has 1 heterocycles. The van der Waals surface area contributed by atoms with E-state index in [2.05, 4.69) is 5.32 Å². The van der Waals surface area contributed by atoms with E-state index in [-0.39, 0.29) is 5.75 Å². The molecule has 1 fully saturated rings. The number of halogens is 3. The molecule has 0 spiro atoms. The highest BCUT2D eigenvalue weighted by molar-refractivity contribution is 5.54. The van der Waals surface area contributed by atoms with Gasteiger partial charge in [0, 0.05) is 37.9 Å². The lowest BCUT2D eigenvalue weighted by Crippen LogP contribution is -2.43. The Morgan fingerprint density at radius 2 is 1.83 bits per heavy atom. The van der Waals surface area contributed by atoms with Gasteiger partial charge in [-0.15, -0.1) is 0 Å². The van der Waals surface area contributed by atoms with Crippen molar-refractivity contribution in [2.45, 2.75) is 6.18 Å². The highest BCUT2D eigenvalue weighted by atomic mass is 19.4. The zero-order valence-electron chi connectivity index (χ0n) is 10.0. The first-order chi connectivity index (χ1) is 8.50. The fraction of sp³-hybridized carbons (Fsp3) is 0.500. The fourth-order valence-electron chi connectivity index (χ4n) is 1.97. The summed E-state index contributed by atoms with van der Waals surface area (Å²) in [7, 11) is 1.37. The Kier molecular flexibility index (Phi) is 3.65. The molecule has 1 aliphatic heterocycles. The van der Waals surface area contributed by atoms with Crippen molar-refractivity contribution in [1.82, 2.24) is 5.32 Å². The zero-order chi connectivity index (χ0) is 13.2. The number of rotatable bonds is 2. The lowest BCUT2D eigenvalue weighted by molar-refractivity contribution is -0.137. The van der Waals surface area contributed by atoms with Gasteiger partial charge in [-0.3, -0.25) is 0 Å². The van der Waals surface area contributed by atoms with Crippen molar-refractivity contribution in [1.29, 1.82) is 0 Å². The van der Waals surface area contributed by atoms with Gasteiger partial charge in [-0.1, -0.05) is 0 Å². The van der Waals surface area contributed by atoms with Crippen LogP contribution in [0.3, 0.4) is 0 Å². The van der Waals surface area contributed by atoms with Crippen molar-refractivity contribution < 1.29 is 17.9 Å². The second-order valence-corrected chi connectivity index (χ2v) is 4.15. The smallest absolute Gasteiger partial charge is 0.416 e. The van der Waals surface area contributed by atoms with E-state index in [0.29, 0.717) is 18.8 Å². The molecule has 0 atom stereocenters. The van der Waals surface area contributed by atoms with Crippen LogP contribution in [0.5, 0.6) is 5.75 Å². The molecule has 3 nitrogen and oxygen atoms in total. The zero-order valence-corrected chi connectivity index (χ0v) is 10.0. The van der Waals surface area contributed by atoms with Gasteiger partial charge in [0.1, 0.15) is 5.75 Å². The lowest BCUT2D eigenvalue weighted by atomic mass is 10.1. The normalized spacial score (nSPS) is 16.8. The summed E-state index contributed by atoms with van der Waals surface area (Å²) >= 11 is 0. The topological polar surface area (TPSA) is 24.5 Å². The van der Waals surface area contributed by atoms with Crippen LogP contribution in [0.4, 0.5) is 18.9 Å². The van der Waals surface area contributed by atoms with Crippen LogP contribution < -0.4 is 15.0 Å². The van der Waals surface area contributed by atoms with Gasteiger partial charge in [-0.25, -0.2) is 0 Å². The predicted molar refractivity (Wildman–Crippen MR) is 63.1 cm³/mol. The molecule has 0 aliphatic carbocycles. The first-order valence-electron chi connectivity index (χ1n) is 5.72. The average Bonchev–Trinajstić information content (AvgIpc) is 2.38. The van der Waals surface area contributed by atoms with Crippen LogP contribution >= 0.6 is 0 Å². The minimum absolute atomic E-state index is 0.235. The largest absolute Gasteiger partial charge is 0.497 e.